The molecule has 0 saturated carbocycles. The summed E-state index contributed by atoms with van der Waals surface area (Å²) in [7, 11) is 0. The molecule has 0 fully saturated rings. The van der Waals surface area contributed by atoms with Crippen LogP contribution >= 0.6 is 0 Å². The van der Waals surface area contributed by atoms with Gasteiger partial charge in [0.2, 0.25) is 0 Å². The molecule has 0 aliphatic rings. The molecule has 2 heteroatoms. The molecule has 2 unspecified atom stereocenters. The van der Waals surface area contributed by atoms with Crippen LogP contribution in [0.1, 0.15) is 47.0 Å². The van der Waals surface area contributed by atoms with Crippen molar-refractivity contribution >= 4 is 0 Å². The van der Waals surface area contributed by atoms with Gasteiger partial charge in [0, 0.05) is 6.04 Å². The maximum Gasteiger partial charge on any atom is 0.0623 e. The third-order valence-electron chi connectivity index (χ3n) is 2.33. The molecule has 1 N–H and O–H groups in total. The summed E-state index contributed by atoms with van der Waals surface area (Å²) < 4.78 is 5.68. The molecule has 0 heterocycles. The first-order valence-electron chi connectivity index (χ1n) is 5.59. The van der Waals surface area contributed by atoms with Gasteiger partial charge in [-0.05, 0) is 32.7 Å². The predicted molar refractivity (Wildman–Crippen MR) is 58.1 cm³/mol. The Bertz CT molecular complexity index is 106. The highest BCUT2D eigenvalue weighted by molar-refractivity contribution is 4.63. The zero-order chi connectivity index (χ0) is 10.1. The molecule has 0 aromatic heterocycles. The van der Waals surface area contributed by atoms with Crippen LogP contribution in [-0.4, -0.2) is 25.3 Å². The number of hydrogen-bond acceptors (Lipinski definition) is 2. The third-order valence-corrected chi connectivity index (χ3v) is 2.33. The number of hydrogen-bond donors (Lipinski definition) is 1. The molecule has 13 heavy (non-hydrogen) atoms. The Kier molecular flexibility index (Phi) is 8.46. The molecule has 0 aromatic rings. The molecule has 0 amide bonds. The molecule has 0 aliphatic heterocycles. The molecule has 2 nitrogen and oxygen atoms in total. The molecule has 0 saturated heterocycles. The lowest BCUT2D eigenvalue weighted by atomic mass is 10.2. The predicted octanol–water partition coefficient (Wildman–Crippen LogP) is 2.58. The molecule has 80 valence electrons. The summed E-state index contributed by atoms with van der Waals surface area (Å²) in [6.45, 7) is 10.6. The van der Waals surface area contributed by atoms with Crippen molar-refractivity contribution in [2.45, 2.75) is 59.1 Å². The van der Waals surface area contributed by atoms with Gasteiger partial charge in [-0.2, -0.15) is 0 Å². The highest BCUT2D eigenvalue weighted by Crippen LogP contribution is 1.99. The minimum absolute atomic E-state index is 0.400. The summed E-state index contributed by atoms with van der Waals surface area (Å²) in [4.78, 5) is 0. The lowest BCUT2D eigenvalue weighted by molar-refractivity contribution is 0.0470. The minimum Gasteiger partial charge on any atom is -0.377 e. The quantitative estimate of drug-likeness (QED) is 0.630. The minimum atomic E-state index is 0.400. The van der Waals surface area contributed by atoms with E-state index >= 15 is 0 Å². The van der Waals surface area contributed by atoms with E-state index in [9.17, 15) is 0 Å². The maximum atomic E-state index is 5.68. The Balaban J connectivity index is 3.46. The van der Waals surface area contributed by atoms with Crippen molar-refractivity contribution in [1.29, 1.82) is 0 Å². The van der Waals surface area contributed by atoms with Gasteiger partial charge >= 0.3 is 0 Å². The van der Waals surface area contributed by atoms with Crippen LogP contribution in [0.5, 0.6) is 0 Å². The Morgan fingerprint density at radius 3 is 2.31 bits per heavy atom. The third kappa shape index (κ3) is 7.03. The van der Waals surface area contributed by atoms with Crippen molar-refractivity contribution in [3.8, 4) is 0 Å². The van der Waals surface area contributed by atoms with Gasteiger partial charge in [0.25, 0.3) is 0 Å². The molecule has 0 spiro atoms. The highest BCUT2D eigenvalue weighted by atomic mass is 16.5. The van der Waals surface area contributed by atoms with Crippen LogP contribution in [0, 0.1) is 0 Å². The van der Waals surface area contributed by atoms with Crippen LogP contribution in [0.3, 0.4) is 0 Å². The standard InChI is InChI=1S/C11H25NO/c1-5-8-12-11(7-3)9-13-10(4)6-2/h10-12H,5-9H2,1-4H3. The number of nitrogens with one attached hydrogen (secondary N) is 1. The highest BCUT2D eigenvalue weighted by Gasteiger charge is 2.06. The molecular weight excluding hydrogens is 162 g/mol. The first kappa shape index (κ1) is 12.9. The van der Waals surface area contributed by atoms with E-state index in [2.05, 4.69) is 33.0 Å². The van der Waals surface area contributed by atoms with Gasteiger partial charge in [0.15, 0.2) is 0 Å². The summed E-state index contributed by atoms with van der Waals surface area (Å²) in [6.07, 6.45) is 3.85. The van der Waals surface area contributed by atoms with Crippen molar-refractivity contribution < 1.29 is 4.74 Å². The summed E-state index contributed by atoms with van der Waals surface area (Å²) in [5.74, 6) is 0. The Hall–Kier alpha value is -0.0800. The summed E-state index contributed by atoms with van der Waals surface area (Å²) in [6, 6.07) is 0.536. The van der Waals surface area contributed by atoms with Crippen LogP contribution in [0.15, 0.2) is 0 Å². The van der Waals surface area contributed by atoms with Gasteiger partial charge in [-0.3, -0.25) is 0 Å². The Labute approximate surface area is 83.1 Å². The zero-order valence-corrected chi connectivity index (χ0v) is 9.60. The topological polar surface area (TPSA) is 21.3 Å². The van der Waals surface area contributed by atoms with Gasteiger partial charge in [-0.1, -0.05) is 20.8 Å². The van der Waals surface area contributed by atoms with Gasteiger partial charge in [-0.15, -0.1) is 0 Å². The van der Waals surface area contributed by atoms with Crippen LogP contribution in [0.4, 0.5) is 0 Å². The second-order valence-electron chi connectivity index (χ2n) is 3.61. The molecular formula is C11H25NO. The second-order valence-corrected chi connectivity index (χ2v) is 3.61. The van der Waals surface area contributed by atoms with Crippen LogP contribution in [0.2, 0.25) is 0 Å². The lowest BCUT2D eigenvalue weighted by Gasteiger charge is -2.19. The SMILES string of the molecule is CCCNC(CC)COC(C)CC. The van der Waals surface area contributed by atoms with Crippen molar-refractivity contribution in [2.75, 3.05) is 13.2 Å². The van der Waals surface area contributed by atoms with E-state index in [1.54, 1.807) is 0 Å². The van der Waals surface area contributed by atoms with E-state index in [0.717, 1.165) is 26.0 Å². The average Bonchev–Trinajstić information content (AvgIpc) is 2.17. The van der Waals surface area contributed by atoms with Crippen LogP contribution in [-0.2, 0) is 4.74 Å². The van der Waals surface area contributed by atoms with Crippen LogP contribution < -0.4 is 5.32 Å². The number of ether oxygens (including phenoxy) is 1. The van der Waals surface area contributed by atoms with Crippen molar-refractivity contribution in [3.63, 3.8) is 0 Å². The van der Waals surface area contributed by atoms with Gasteiger partial charge in [0.1, 0.15) is 0 Å². The fraction of sp³-hybridized carbons (Fsp3) is 1.00. The largest absolute Gasteiger partial charge is 0.377 e. The second kappa shape index (κ2) is 8.52. The smallest absolute Gasteiger partial charge is 0.0623 e. The van der Waals surface area contributed by atoms with Gasteiger partial charge in [0.05, 0.1) is 12.7 Å². The van der Waals surface area contributed by atoms with Crippen molar-refractivity contribution in [3.05, 3.63) is 0 Å². The zero-order valence-electron chi connectivity index (χ0n) is 9.60. The normalized spacial score (nSPS) is 15.7. The monoisotopic (exact) mass is 187 g/mol. The van der Waals surface area contributed by atoms with E-state index in [1.165, 1.54) is 6.42 Å². The Morgan fingerprint density at radius 1 is 1.15 bits per heavy atom. The summed E-state index contributed by atoms with van der Waals surface area (Å²) in [5.41, 5.74) is 0. The van der Waals surface area contributed by atoms with E-state index in [0.29, 0.717) is 12.1 Å². The lowest BCUT2D eigenvalue weighted by Crippen LogP contribution is -2.34. The molecule has 0 radical (unpaired) electrons. The summed E-state index contributed by atoms with van der Waals surface area (Å²) >= 11 is 0. The number of rotatable bonds is 8. The van der Waals surface area contributed by atoms with Crippen molar-refractivity contribution in [1.82, 2.24) is 5.32 Å². The molecule has 0 bridgehead atoms. The maximum absolute atomic E-state index is 5.68. The van der Waals surface area contributed by atoms with Crippen molar-refractivity contribution in [2.24, 2.45) is 0 Å². The van der Waals surface area contributed by atoms with Crippen LogP contribution in [0.25, 0.3) is 0 Å². The average molecular weight is 187 g/mol. The molecule has 0 rings (SSSR count). The Morgan fingerprint density at radius 2 is 1.85 bits per heavy atom. The fourth-order valence-electron chi connectivity index (χ4n) is 1.07. The first-order valence-corrected chi connectivity index (χ1v) is 5.59. The van der Waals surface area contributed by atoms with E-state index in [4.69, 9.17) is 4.74 Å². The van der Waals surface area contributed by atoms with E-state index < -0.39 is 0 Å². The fourth-order valence-corrected chi connectivity index (χ4v) is 1.07. The van der Waals surface area contributed by atoms with E-state index in [-0.39, 0.29) is 0 Å². The molecule has 2 atom stereocenters. The van der Waals surface area contributed by atoms with E-state index in [1.807, 2.05) is 0 Å². The summed E-state index contributed by atoms with van der Waals surface area (Å²) in [5, 5.41) is 3.47. The molecule has 0 aliphatic carbocycles. The van der Waals surface area contributed by atoms with Gasteiger partial charge < -0.3 is 10.1 Å². The molecule has 0 aromatic carbocycles. The van der Waals surface area contributed by atoms with Gasteiger partial charge in [-0.25, -0.2) is 0 Å². The first-order chi connectivity index (χ1) is 6.24.